The van der Waals surface area contributed by atoms with Gasteiger partial charge in [-0.05, 0) is 53.5 Å². The minimum Gasteiger partial charge on any atom is -0.494 e. The lowest BCUT2D eigenvalue weighted by molar-refractivity contribution is -0.129. The van der Waals surface area contributed by atoms with Crippen LogP contribution in [0.25, 0.3) is 17.2 Å². The fourth-order valence-electron chi connectivity index (χ4n) is 2.81. The number of carbonyl (C=O) groups is 1. The smallest absolute Gasteiger partial charge is 0.354 e. The third-order valence-corrected chi connectivity index (χ3v) is 4.47. The third-order valence-electron chi connectivity index (χ3n) is 4.47. The zero-order chi connectivity index (χ0) is 21.2. The van der Waals surface area contributed by atoms with E-state index in [-0.39, 0.29) is 5.57 Å². The second-order valence-electron chi connectivity index (χ2n) is 6.72. The summed E-state index contributed by atoms with van der Waals surface area (Å²) in [6, 6.07) is 26.3. The Morgan fingerprint density at radius 3 is 2.17 bits per heavy atom. The van der Waals surface area contributed by atoms with E-state index < -0.39 is 5.97 Å². The van der Waals surface area contributed by atoms with Gasteiger partial charge in [0.25, 0.3) is 0 Å². The summed E-state index contributed by atoms with van der Waals surface area (Å²) in [5.41, 5.74) is 2.76. The number of rotatable bonds is 8. The van der Waals surface area contributed by atoms with Gasteiger partial charge in [-0.3, -0.25) is 0 Å². The van der Waals surface area contributed by atoms with Crippen molar-refractivity contribution in [1.29, 1.82) is 5.26 Å². The van der Waals surface area contributed by atoms with Crippen molar-refractivity contribution in [3.8, 4) is 28.7 Å². The monoisotopic (exact) mass is 397 g/mol. The van der Waals surface area contributed by atoms with E-state index >= 15 is 0 Å². The van der Waals surface area contributed by atoms with Gasteiger partial charge in [-0.15, -0.1) is 0 Å². The first-order valence-electron chi connectivity index (χ1n) is 9.92. The maximum Gasteiger partial charge on any atom is 0.354 e. The van der Waals surface area contributed by atoms with Gasteiger partial charge in [0.05, 0.1) is 6.61 Å². The van der Waals surface area contributed by atoms with Crippen LogP contribution < -0.4 is 9.47 Å². The summed E-state index contributed by atoms with van der Waals surface area (Å²) in [4.78, 5) is 12.4. The predicted molar refractivity (Wildman–Crippen MR) is 118 cm³/mol. The summed E-state index contributed by atoms with van der Waals surface area (Å²) in [6.07, 6.45) is 3.58. The molecule has 30 heavy (non-hydrogen) atoms. The Balaban J connectivity index is 1.65. The molecule has 0 aliphatic carbocycles. The van der Waals surface area contributed by atoms with E-state index in [2.05, 4.69) is 6.92 Å². The molecule has 0 bridgehead atoms. The van der Waals surface area contributed by atoms with Gasteiger partial charge in [0.1, 0.15) is 23.1 Å². The molecule has 0 spiro atoms. The normalized spacial score (nSPS) is 10.9. The molecule has 3 rings (SSSR count). The molecule has 0 unspecified atom stereocenters. The van der Waals surface area contributed by atoms with E-state index in [9.17, 15) is 10.1 Å². The van der Waals surface area contributed by atoms with Crippen molar-refractivity contribution in [3.63, 3.8) is 0 Å². The van der Waals surface area contributed by atoms with Crippen molar-refractivity contribution in [1.82, 2.24) is 0 Å². The topological polar surface area (TPSA) is 59.3 Å². The Hall–Kier alpha value is -3.84. The lowest BCUT2D eigenvalue weighted by Crippen LogP contribution is -2.10. The van der Waals surface area contributed by atoms with Crippen LogP contribution in [0.5, 0.6) is 11.5 Å². The molecule has 0 aromatic heterocycles. The molecule has 0 heterocycles. The standard InChI is InChI=1S/C26H23NO3/c1-2-3-17-29-24-13-9-20(10-14-24)18-23(19-27)26(28)30-25-15-11-22(12-16-25)21-7-5-4-6-8-21/h4-16,18H,2-3,17H2,1H3/b23-18+. The van der Waals surface area contributed by atoms with Crippen molar-refractivity contribution in [3.05, 3.63) is 90.0 Å². The van der Waals surface area contributed by atoms with Crippen LogP contribution in [0.15, 0.2) is 84.4 Å². The molecule has 0 atom stereocenters. The minimum atomic E-state index is -0.687. The summed E-state index contributed by atoms with van der Waals surface area (Å²) in [6.45, 7) is 2.78. The minimum absolute atomic E-state index is 0.0678. The average molecular weight is 397 g/mol. The predicted octanol–water partition coefficient (Wildman–Crippen LogP) is 6.05. The van der Waals surface area contributed by atoms with Crippen LogP contribution in [0.2, 0.25) is 0 Å². The van der Waals surface area contributed by atoms with Crippen LogP contribution in [0.4, 0.5) is 0 Å². The number of esters is 1. The van der Waals surface area contributed by atoms with Crippen molar-refractivity contribution in [2.45, 2.75) is 19.8 Å². The second kappa shape index (κ2) is 10.6. The lowest BCUT2D eigenvalue weighted by atomic mass is 10.1. The maximum absolute atomic E-state index is 12.4. The van der Waals surface area contributed by atoms with E-state index in [0.717, 1.165) is 35.3 Å². The Bertz CT molecular complexity index is 1030. The zero-order valence-corrected chi connectivity index (χ0v) is 16.9. The highest BCUT2D eigenvalue weighted by molar-refractivity contribution is 5.99. The van der Waals surface area contributed by atoms with Crippen molar-refractivity contribution in [2.75, 3.05) is 6.61 Å². The number of carbonyl (C=O) groups excluding carboxylic acids is 1. The molecule has 0 N–H and O–H groups in total. The van der Waals surface area contributed by atoms with Gasteiger partial charge in [-0.2, -0.15) is 5.26 Å². The molecule has 0 saturated carbocycles. The lowest BCUT2D eigenvalue weighted by Gasteiger charge is -2.06. The molecular weight excluding hydrogens is 374 g/mol. The molecule has 0 amide bonds. The van der Waals surface area contributed by atoms with E-state index in [0.29, 0.717) is 12.4 Å². The Kier molecular flexibility index (Phi) is 7.40. The summed E-state index contributed by atoms with van der Waals surface area (Å²) in [7, 11) is 0. The molecule has 4 nitrogen and oxygen atoms in total. The Labute approximate surface area is 177 Å². The SMILES string of the molecule is CCCCOc1ccc(/C=C(\C#N)C(=O)Oc2ccc(-c3ccccc3)cc2)cc1. The van der Waals surface area contributed by atoms with E-state index in [1.54, 1.807) is 24.3 Å². The molecule has 0 aliphatic rings. The zero-order valence-electron chi connectivity index (χ0n) is 16.9. The fourth-order valence-corrected chi connectivity index (χ4v) is 2.81. The number of nitriles is 1. The van der Waals surface area contributed by atoms with Crippen LogP contribution in [0, 0.1) is 11.3 Å². The maximum atomic E-state index is 12.4. The molecule has 3 aromatic rings. The molecule has 3 aromatic carbocycles. The molecule has 150 valence electrons. The first kappa shape index (κ1) is 20.9. The Morgan fingerprint density at radius 2 is 1.53 bits per heavy atom. The van der Waals surface area contributed by atoms with Gasteiger partial charge in [0, 0.05) is 0 Å². The van der Waals surface area contributed by atoms with Crippen LogP contribution in [0.1, 0.15) is 25.3 Å². The number of hydrogen-bond acceptors (Lipinski definition) is 4. The van der Waals surface area contributed by atoms with Crippen LogP contribution in [-0.2, 0) is 4.79 Å². The van der Waals surface area contributed by atoms with Crippen molar-refractivity contribution >= 4 is 12.0 Å². The molecule has 0 aliphatic heterocycles. The van der Waals surface area contributed by atoms with Crippen LogP contribution in [0.3, 0.4) is 0 Å². The quantitative estimate of drug-likeness (QED) is 0.153. The largest absolute Gasteiger partial charge is 0.494 e. The van der Waals surface area contributed by atoms with E-state index in [1.165, 1.54) is 6.08 Å². The van der Waals surface area contributed by atoms with Crippen molar-refractivity contribution < 1.29 is 14.3 Å². The van der Waals surface area contributed by atoms with E-state index in [4.69, 9.17) is 9.47 Å². The number of nitrogens with zero attached hydrogens (tertiary/aromatic N) is 1. The summed E-state index contributed by atoms with van der Waals surface area (Å²) >= 11 is 0. The number of ether oxygens (including phenoxy) is 2. The highest BCUT2D eigenvalue weighted by Crippen LogP contribution is 2.23. The highest BCUT2D eigenvalue weighted by Gasteiger charge is 2.12. The fraction of sp³-hybridized carbons (Fsp3) is 0.154. The molecule has 0 saturated heterocycles. The van der Waals surface area contributed by atoms with Gasteiger partial charge in [-0.25, -0.2) is 4.79 Å². The van der Waals surface area contributed by atoms with Crippen LogP contribution >= 0.6 is 0 Å². The Morgan fingerprint density at radius 1 is 0.900 bits per heavy atom. The molecular formula is C26H23NO3. The van der Waals surface area contributed by atoms with Gasteiger partial charge in [0.15, 0.2) is 0 Å². The molecule has 4 heteroatoms. The summed E-state index contributed by atoms with van der Waals surface area (Å²) in [5.74, 6) is 0.467. The third kappa shape index (κ3) is 5.83. The highest BCUT2D eigenvalue weighted by atomic mass is 16.5. The van der Waals surface area contributed by atoms with Crippen molar-refractivity contribution in [2.24, 2.45) is 0 Å². The number of unbranched alkanes of at least 4 members (excludes halogenated alkanes) is 1. The summed E-state index contributed by atoms with van der Waals surface area (Å²) in [5, 5.41) is 9.38. The number of hydrogen-bond donors (Lipinski definition) is 0. The first-order valence-corrected chi connectivity index (χ1v) is 9.92. The molecule has 0 radical (unpaired) electrons. The summed E-state index contributed by atoms with van der Waals surface area (Å²) < 4.78 is 11.0. The van der Waals surface area contributed by atoms with Gasteiger partial charge >= 0.3 is 5.97 Å². The van der Waals surface area contributed by atoms with E-state index in [1.807, 2.05) is 60.7 Å². The van der Waals surface area contributed by atoms with Gasteiger partial charge < -0.3 is 9.47 Å². The second-order valence-corrected chi connectivity index (χ2v) is 6.72. The van der Waals surface area contributed by atoms with Crippen LogP contribution in [-0.4, -0.2) is 12.6 Å². The van der Waals surface area contributed by atoms with Gasteiger partial charge in [0.2, 0.25) is 0 Å². The number of benzene rings is 3. The first-order chi connectivity index (χ1) is 14.7. The van der Waals surface area contributed by atoms with Gasteiger partial charge in [-0.1, -0.05) is 67.9 Å². The molecule has 0 fully saturated rings. The average Bonchev–Trinajstić information content (AvgIpc) is 2.79.